The lowest BCUT2D eigenvalue weighted by Crippen LogP contribution is -2.30. The van der Waals surface area contributed by atoms with Gasteiger partial charge in [0.25, 0.3) is 0 Å². The van der Waals surface area contributed by atoms with Crippen molar-refractivity contribution in [2.75, 3.05) is 6.61 Å². The lowest BCUT2D eigenvalue weighted by Gasteiger charge is -2.18. The summed E-state index contributed by atoms with van der Waals surface area (Å²) in [4.78, 5) is 28.3. The summed E-state index contributed by atoms with van der Waals surface area (Å²) in [6, 6.07) is 9.24. The highest BCUT2D eigenvalue weighted by atomic mass is 16.5. The SMILES string of the molecule is CCOC(=O)C1C=NC(C)=C(c2ccccc2)C1=O. The maximum Gasteiger partial charge on any atom is 0.322 e. The summed E-state index contributed by atoms with van der Waals surface area (Å²) in [5.41, 5.74) is 1.88. The lowest BCUT2D eigenvalue weighted by atomic mass is 9.90. The number of Topliss-reactive ketones (excluding diaryl/α,β-unsaturated/α-hetero) is 1. The molecule has 98 valence electrons. The van der Waals surface area contributed by atoms with Gasteiger partial charge in [-0.3, -0.25) is 14.6 Å². The highest BCUT2D eigenvalue weighted by Gasteiger charge is 2.33. The van der Waals surface area contributed by atoms with E-state index in [9.17, 15) is 9.59 Å². The maximum absolute atomic E-state index is 12.4. The Labute approximate surface area is 111 Å². The number of ketones is 1. The first kappa shape index (κ1) is 13.2. The van der Waals surface area contributed by atoms with E-state index in [0.29, 0.717) is 11.3 Å². The molecule has 1 aliphatic rings. The maximum atomic E-state index is 12.4. The molecule has 1 aromatic rings. The Balaban J connectivity index is 2.36. The van der Waals surface area contributed by atoms with Crippen LogP contribution < -0.4 is 0 Å². The highest BCUT2D eigenvalue weighted by molar-refractivity contribution is 6.33. The number of ether oxygens (including phenoxy) is 1. The second-order valence-electron chi connectivity index (χ2n) is 4.20. The van der Waals surface area contributed by atoms with Crippen molar-refractivity contribution in [3.05, 3.63) is 41.6 Å². The first-order chi connectivity index (χ1) is 9.15. The van der Waals surface area contributed by atoms with Crippen LogP contribution in [0.2, 0.25) is 0 Å². The molecular weight excluding hydrogens is 242 g/mol. The average molecular weight is 257 g/mol. The number of carbonyl (C=O) groups is 2. The lowest BCUT2D eigenvalue weighted by molar-refractivity contribution is -0.147. The van der Waals surface area contributed by atoms with Crippen molar-refractivity contribution in [3.8, 4) is 0 Å². The standard InChI is InChI=1S/C15H15NO3/c1-3-19-15(18)12-9-16-10(2)13(14(12)17)11-7-5-4-6-8-11/h4-9,12H,3H2,1-2H3. The predicted octanol–water partition coefficient (Wildman–Crippen LogP) is 2.25. The van der Waals surface area contributed by atoms with Gasteiger partial charge >= 0.3 is 5.97 Å². The summed E-state index contributed by atoms with van der Waals surface area (Å²) in [6.07, 6.45) is 1.36. The molecule has 0 radical (unpaired) electrons. The van der Waals surface area contributed by atoms with Crippen LogP contribution in [0.3, 0.4) is 0 Å². The molecule has 0 aromatic heterocycles. The molecule has 0 saturated carbocycles. The Morgan fingerprint density at radius 3 is 2.63 bits per heavy atom. The normalized spacial score (nSPS) is 18.6. The summed E-state index contributed by atoms with van der Waals surface area (Å²) >= 11 is 0. The summed E-state index contributed by atoms with van der Waals surface area (Å²) in [7, 11) is 0. The Morgan fingerprint density at radius 2 is 2.00 bits per heavy atom. The molecule has 4 nitrogen and oxygen atoms in total. The van der Waals surface area contributed by atoms with Crippen molar-refractivity contribution in [2.45, 2.75) is 13.8 Å². The van der Waals surface area contributed by atoms with E-state index in [0.717, 1.165) is 5.56 Å². The topological polar surface area (TPSA) is 55.7 Å². The Morgan fingerprint density at radius 1 is 1.32 bits per heavy atom. The Bertz CT molecular complexity index is 558. The zero-order chi connectivity index (χ0) is 13.8. The number of aliphatic imine (C=N–C) groups is 1. The van der Waals surface area contributed by atoms with Gasteiger partial charge in [-0.25, -0.2) is 0 Å². The van der Waals surface area contributed by atoms with Gasteiger partial charge in [0.2, 0.25) is 0 Å². The molecule has 0 N–H and O–H groups in total. The fourth-order valence-corrected chi connectivity index (χ4v) is 2.01. The van der Waals surface area contributed by atoms with Crippen molar-refractivity contribution in [2.24, 2.45) is 10.9 Å². The summed E-state index contributed by atoms with van der Waals surface area (Å²) in [5, 5.41) is 0. The molecule has 2 rings (SSSR count). The van der Waals surface area contributed by atoms with Gasteiger partial charge in [0, 0.05) is 17.5 Å². The zero-order valence-electron chi connectivity index (χ0n) is 10.9. The smallest absolute Gasteiger partial charge is 0.322 e. The molecule has 1 unspecified atom stereocenters. The van der Waals surface area contributed by atoms with Crippen LogP contribution in [-0.4, -0.2) is 24.6 Å². The molecule has 19 heavy (non-hydrogen) atoms. The molecule has 1 heterocycles. The summed E-state index contributed by atoms with van der Waals surface area (Å²) in [5.74, 6) is -1.73. The van der Waals surface area contributed by atoms with E-state index < -0.39 is 11.9 Å². The molecule has 0 amide bonds. The van der Waals surface area contributed by atoms with Crippen molar-refractivity contribution in [3.63, 3.8) is 0 Å². The number of carbonyl (C=O) groups excluding carboxylic acids is 2. The fourth-order valence-electron chi connectivity index (χ4n) is 2.01. The third kappa shape index (κ3) is 2.62. The molecule has 4 heteroatoms. The second-order valence-corrected chi connectivity index (χ2v) is 4.20. The minimum atomic E-state index is -0.932. The monoisotopic (exact) mass is 257 g/mol. The van der Waals surface area contributed by atoms with Crippen LogP contribution in [0.1, 0.15) is 19.4 Å². The van der Waals surface area contributed by atoms with Crippen LogP contribution >= 0.6 is 0 Å². The molecule has 0 aliphatic carbocycles. The molecule has 1 atom stereocenters. The fraction of sp³-hybridized carbons (Fsp3) is 0.267. The van der Waals surface area contributed by atoms with Gasteiger partial charge < -0.3 is 4.74 Å². The van der Waals surface area contributed by atoms with E-state index in [1.54, 1.807) is 13.8 Å². The first-order valence-electron chi connectivity index (χ1n) is 6.16. The van der Waals surface area contributed by atoms with E-state index in [1.807, 2.05) is 30.3 Å². The van der Waals surface area contributed by atoms with Crippen LogP contribution in [0.15, 0.2) is 41.0 Å². The van der Waals surface area contributed by atoms with Crippen molar-refractivity contribution < 1.29 is 14.3 Å². The van der Waals surface area contributed by atoms with E-state index in [1.165, 1.54) is 6.21 Å². The quantitative estimate of drug-likeness (QED) is 0.616. The van der Waals surface area contributed by atoms with E-state index in [-0.39, 0.29) is 12.4 Å². The Kier molecular flexibility index (Phi) is 3.90. The molecule has 0 fully saturated rings. The largest absolute Gasteiger partial charge is 0.465 e. The molecule has 0 saturated heterocycles. The van der Waals surface area contributed by atoms with Crippen molar-refractivity contribution >= 4 is 23.5 Å². The van der Waals surface area contributed by atoms with E-state index in [4.69, 9.17) is 4.74 Å². The average Bonchev–Trinajstić information content (AvgIpc) is 2.40. The van der Waals surface area contributed by atoms with Crippen molar-refractivity contribution in [1.29, 1.82) is 0 Å². The summed E-state index contributed by atoms with van der Waals surface area (Å²) < 4.78 is 4.90. The van der Waals surface area contributed by atoms with E-state index >= 15 is 0 Å². The highest BCUT2D eigenvalue weighted by Crippen LogP contribution is 2.27. The van der Waals surface area contributed by atoms with E-state index in [2.05, 4.69) is 4.99 Å². The van der Waals surface area contributed by atoms with Crippen LogP contribution in [0.4, 0.5) is 0 Å². The molecular formula is C15H15NO3. The van der Waals surface area contributed by atoms with Crippen LogP contribution in [0.5, 0.6) is 0 Å². The number of nitrogens with zero attached hydrogens (tertiary/aromatic N) is 1. The first-order valence-corrected chi connectivity index (χ1v) is 6.16. The van der Waals surface area contributed by atoms with Gasteiger partial charge in [-0.2, -0.15) is 0 Å². The third-order valence-electron chi connectivity index (χ3n) is 2.91. The van der Waals surface area contributed by atoms with Crippen LogP contribution in [0.25, 0.3) is 5.57 Å². The second kappa shape index (κ2) is 5.61. The summed E-state index contributed by atoms with van der Waals surface area (Å²) in [6.45, 7) is 3.72. The van der Waals surface area contributed by atoms with Crippen LogP contribution in [-0.2, 0) is 14.3 Å². The van der Waals surface area contributed by atoms with Gasteiger partial charge in [-0.15, -0.1) is 0 Å². The number of rotatable bonds is 3. The van der Waals surface area contributed by atoms with Gasteiger partial charge in [0.15, 0.2) is 11.7 Å². The minimum absolute atomic E-state index is 0.250. The number of hydrogen-bond donors (Lipinski definition) is 0. The number of hydrogen-bond acceptors (Lipinski definition) is 4. The van der Waals surface area contributed by atoms with Gasteiger partial charge in [-0.1, -0.05) is 30.3 Å². The van der Waals surface area contributed by atoms with Gasteiger partial charge in [0.1, 0.15) is 0 Å². The molecule has 0 bridgehead atoms. The van der Waals surface area contributed by atoms with Gasteiger partial charge in [-0.05, 0) is 19.4 Å². The molecule has 1 aromatic carbocycles. The third-order valence-corrected chi connectivity index (χ3v) is 2.91. The van der Waals surface area contributed by atoms with Crippen LogP contribution in [0, 0.1) is 5.92 Å². The van der Waals surface area contributed by atoms with Gasteiger partial charge in [0.05, 0.1) is 6.61 Å². The number of esters is 1. The number of allylic oxidation sites excluding steroid dienone is 2. The zero-order valence-corrected chi connectivity index (χ0v) is 10.9. The predicted molar refractivity (Wildman–Crippen MR) is 72.7 cm³/mol. The minimum Gasteiger partial charge on any atom is -0.465 e. The molecule has 1 aliphatic heterocycles. The van der Waals surface area contributed by atoms with Crippen molar-refractivity contribution in [1.82, 2.24) is 0 Å². The Hall–Kier alpha value is -2.23. The molecule has 0 spiro atoms. The number of benzene rings is 1.